The van der Waals surface area contributed by atoms with Crippen molar-refractivity contribution in [1.29, 1.82) is 0 Å². The van der Waals surface area contributed by atoms with Crippen LogP contribution < -0.4 is 16.4 Å². The number of imidazole rings is 1. The van der Waals surface area contributed by atoms with Crippen LogP contribution in [0.1, 0.15) is 36.9 Å². The minimum Gasteiger partial charge on any atom is -0.507 e. The number of nitrogens with two attached hydrogens (primary N) is 1. The number of carbonyl (C=O) groups excluding carboxylic acids is 3. The number of amides is 2. The zero-order valence-electron chi connectivity index (χ0n) is 29.8. The molecule has 3 aromatic rings. The van der Waals surface area contributed by atoms with Crippen LogP contribution in [0.15, 0.2) is 36.9 Å². The molecule has 0 radical (unpaired) electrons. The number of hydrogen-bond acceptors (Lipinski definition) is 19. The molecule has 7 atom stereocenters. The molecule has 1 aliphatic heterocycles. The summed E-state index contributed by atoms with van der Waals surface area (Å²) >= 11 is 0.877. The number of thioether (sulfide) groups is 1. The number of nitrogens with one attached hydrogen (secondary N) is 2. The van der Waals surface area contributed by atoms with E-state index >= 15 is 0 Å². The largest absolute Gasteiger partial charge is 0.507 e. The lowest BCUT2D eigenvalue weighted by molar-refractivity contribution is -0.137. The molecule has 316 valence electrons. The number of phosphoric acid groups is 3. The smallest absolute Gasteiger partial charge is 0.481 e. The molecule has 2 amide bonds. The molecule has 0 aliphatic carbocycles. The number of phenols is 1. The van der Waals surface area contributed by atoms with Crippen molar-refractivity contribution in [3.63, 3.8) is 0 Å². The van der Waals surface area contributed by atoms with Crippen LogP contribution in [0.2, 0.25) is 0 Å². The van der Waals surface area contributed by atoms with E-state index in [1.54, 1.807) is 12.1 Å². The molecular formula is C28H40N7O18P3S. The Balaban J connectivity index is 1.23. The number of nitrogen functional groups attached to an aromatic ring is 1. The zero-order chi connectivity index (χ0) is 42.3. The molecule has 1 saturated heterocycles. The molecule has 2 aromatic heterocycles. The topological polar surface area (TPSA) is 384 Å². The van der Waals surface area contributed by atoms with Crippen molar-refractivity contribution in [2.75, 3.05) is 37.8 Å². The predicted octanol–water partition coefficient (Wildman–Crippen LogP) is -0.316. The van der Waals surface area contributed by atoms with Crippen LogP contribution in [0.4, 0.5) is 5.82 Å². The van der Waals surface area contributed by atoms with Crippen LogP contribution in [0.3, 0.4) is 0 Å². The standard InChI is InChI=1S/C28H40N7O18P3S/c1-28(2,22(39)25(40)31-8-7-18(37)30-9-10-57-27(41)15-5-3-4-6-16(15)36)12-50-56(47,48)53-55(45,46)49-11-17-21(52-54(42,43)44)20(38)26(51-17)35-14-34-19-23(29)32-13-33-24(19)35/h3-6,13-14,17,20-22,26,36,38-39H,7-12H2,1-2H3,(H,30,37)(H,31,40)(H,45,46)(H,47,48)(H2,29,32,33)(H2,42,43,44)/t17-,20-,21-,22?,26-/m1/s1. The minimum atomic E-state index is -5.58. The lowest BCUT2D eigenvalue weighted by Crippen LogP contribution is -2.46. The average Bonchev–Trinajstić information content (AvgIpc) is 3.68. The molecule has 11 N–H and O–H groups in total. The number of benzene rings is 1. The van der Waals surface area contributed by atoms with Crippen LogP contribution in [0.5, 0.6) is 5.75 Å². The summed E-state index contributed by atoms with van der Waals surface area (Å²) in [6, 6.07) is 5.98. The van der Waals surface area contributed by atoms with Crippen molar-refractivity contribution < 1.29 is 85.6 Å². The second kappa shape index (κ2) is 19.1. The van der Waals surface area contributed by atoms with Crippen LogP contribution >= 0.6 is 35.2 Å². The Labute approximate surface area is 326 Å². The summed E-state index contributed by atoms with van der Waals surface area (Å²) in [6.07, 6.45) is -7.04. The number of aromatic nitrogens is 4. The highest BCUT2D eigenvalue weighted by atomic mass is 32.2. The monoisotopic (exact) mass is 887 g/mol. The van der Waals surface area contributed by atoms with Gasteiger partial charge in [0.25, 0.3) is 0 Å². The molecule has 3 heterocycles. The molecule has 57 heavy (non-hydrogen) atoms. The summed E-state index contributed by atoms with van der Waals surface area (Å²) in [5.74, 6) is -1.53. The molecule has 25 nitrogen and oxygen atoms in total. The number of aromatic hydroxyl groups is 1. The second-order valence-electron chi connectivity index (χ2n) is 12.7. The van der Waals surface area contributed by atoms with Gasteiger partial charge in [0.2, 0.25) is 16.9 Å². The van der Waals surface area contributed by atoms with Gasteiger partial charge in [0.15, 0.2) is 17.7 Å². The molecule has 1 fully saturated rings. The van der Waals surface area contributed by atoms with Crippen molar-refractivity contribution in [2.45, 2.75) is 50.9 Å². The van der Waals surface area contributed by atoms with Gasteiger partial charge in [0.05, 0.1) is 25.1 Å². The van der Waals surface area contributed by atoms with E-state index in [2.05, 4.69) is 34.4 Å². The number of aliphatic hydroxyl groups excluding tert-OH is 2. The first-order valence-electron chi connectivity index (χ1n) is 16.3. The Morgan fingerprint density at radius 1 is 1.04 bits per heavy atom. The van der Waals surface area contributed by atoms with Gasteiger partial charge in [-0.05, 0) is 12.1 Å². The van der Waals surface area contributed by atoms with E-state index in [4.69, 9.17) is 19.5 Å². The van der Waals surface area contributed by atoms with Gasteiger partial charge in [-0.1, -0.05) is 37.7 Å². The number of anilines is 1. The third-order valence-corrected chi connectivity index (χ3v) is 11.8. The van der Waals surface area contributed by atoms with Gasteiger partial charge in [-0.25, -0.2) is 28.6 Å². The van der Waals surface area contributed by atoms with Gasteiger partial charge in [-0.3, -0.25) is 32.5 Å². The molecule has 1 aromatic carbocycles. The fraction of sp³-hybridized carbons (Fsp3) is 0.500. The molecule has 0 saturated carbocycles. The molecule has 1 aliphatic rings. The van der Waals surface area contributed by atoms with Crippen molar-refractivity contribution in [1.82, 2.24) is 30.2 Å². The first-order valence-corrected chi connectivity index (χ1v) is 21.8. The van der Waals surface area contributed by atoms with E-state index < -0.39 is 84.6 Å². The molecule has 0 bridgehead atoms. The lowest BCUT2D eigenvalue weighted by atomic mass is 9.87. The third kappa shape index (κ3) is 13.0. The summed E-state index contributed by atoms with van der Waals surface area (Å²) in [6.45, 7) is 0.279. The predicted molar refractivity (Wildman–Crippen MR) is 195 cm³/mol. The fourth-order valence-electron chi connectivity index (χ4n) is 5.00. The molecule has 3 unspecified atom stereocenters. The Morgan fingerprint density at radius 2 is 1.72 bits per heavy atom. The number of ether oxygens (including phenoxy) is 1. The first kappa shape index (κ1) is 46.3. The summed E-state index contributed by atoms with van der Waals surface area (Å²) in [7, 11) is -16.4. The third-order valence-electron chi connectivity index (χ3n) is 7.86. The number of fused-ring (bicyclic) bond motifs is 1. The van der Waals surface area contributed by atoms with Crippen molar-refractivity contribution in [2.24, 2.45) is 5.41 Å². The lowest BCUT2D eigenvalue weighted by Gasteiger charge is -2.30. The van der Waals surface area contributed by atoms with E-state index in [0.29, 0.717) is 0 Å². The van der Waals surface area contributed by atoms with Gasteiger partial charge in [-0.15, -0.1) is 0 Å². The maximum Gasteiger partial charge on any atom is 0.481 e. The minimum absolute atomic E-state index is 0.0237. The molecular weight excluding hydrogens is 847 g/mol. The zero-order valence-corrected chi connectivity index (χ0v) is 33.3. The quantitative estimate of drug-likeness (QED) is 0.0513. The number of hydrogen-bond donors (Lipinski definition) is 10. The van der Waals surface area contributed by atoms with E-state index in [1.165, 1.54) is 26.0 Å². The number of phosphoric ester groups is 3. The van der Waals surface area contributed by atoms with E-state index in [1.807, 2.05) is 0 Å². The first-order chi connectivity index (χ1) is 26.5. The Morgan fingerprint density at radius 3 is 2.40 bits per heavy atom. The highest BCUT2D eigenvalue weighted by Gasteiger charge is 2.50. The number of rotatable bonds is 20. The summed E-state index contributed by atoms with van der Waals surface area (Å²) in [4.78, 5) is 87.8. The maximum atomic E-state index is 12.7. The van der Waals surface area contributed by atoms with Gasteiger partial charge in [-0.2, -0.15) is 4.31 Å². The van der Waals surface area contributed by atoms with Crippen molar-refractivity contribution >= 4 is 69.1 Å². The SMILES string of the molecule is CC(C)(COP(=O)(O)OP(=O)(O)OC[C@H]1O[C@@H](n2cnc3c(N)ncnc32)[C@H](O)[C@@H]1OP(=O)(O)O)C(O)C(=O)NCCC(=O)NCCSC(=O)c1ccccc1O. The summed E-state index contributed by atoms with van der Waals surface area (Å²) < 4.78 is 62.1. The second-order valence-corrected chi connectivity index (χ2v) is 18.0. The molecule has 0 spiro atoms. The summed E-state index contributed by atoms with van der Waals surface area (Å²) in [5, 5.41) is 35.7. The van der Waals surface area contributed by atoms with E-state index in [0.717, 1.165) is 29.0 Å². The van der Waals surface area contributed by atoms with Crippen LogP contribution in [0, 0.1) is 5.41 Å². The average molecular weight is 888 g/mol. The van der Waals surface area contributed by atoms with Gasteiger partial charge in [0, 0.05) is 30.7 Å². The van der Waals surface area contributed by atoms with Gasteiger partial charge >= 0.3 is 23.5 Å². The Kier molecular flexibility index (Phi) is 15.5. The summed E-state index contributed by atoms with van der Waals surface area (Å²) in [5.41, 5.74) is 4.35. The fourth-order valence-corrected chi connectivity index (χ4v) is 8.54. The molecule has 4 rings (SSSR count). The number of para-hydroxylation sites is 1. The van der Waals surface area contributed by atoms with Gasteiger partial charge in [0.1, 0.15) is 42.0 Å². The highest BCUT2D eigenvalue weighted by molar-refractivity contribution is 8.14. The Hall–Kier alpha value is -3.42. The Bertz CT molecular complexity index is 2070. The molecule has 29 heteroatoms. The number of carbonyl (C=O) groups is 3. The van der Waals surface area contributed by atoms with Gasteiger partial charge < -0.3 is 56.0 Å². The van der Waals surface area contributed by atoms with Crippen molar-refractivity contribution in [3.8, 4) is 5.75 Å². The maximum absolute atomic E-state index is 12.7. The normalized spacial score (nSPS) is 21.4. The number of phenolic OH excluding ortho intramolecular Hbond substituents is 1. The van der Waals surface area contributed by atoms with Crippen LogP contribution in [-0.2, 0) is 45.9 Å². The van der Waals surface area contributed by atoms with E-state index in [9.17, 15) is 63.0 Å². The number of nitrogens with zero attached hydrogens (tertiary/aromatic N) is 4. The van der Waals surface area contributed by atoms with Crippen LogP contribution in [-0.4, -0.2) is 128 Å². The van der Waals surface area contributed by atoms with E-state index in [-0.39, 0.29) is 58.7 Å². The van der Waals surface area contributed by atoms with Crippen molar-refractivity contribution in [3.05, 3.63) is 42.5 Å². The van der Waals surface area contributed by atoms with Crippen LogP contribution in [0.25, 0.3) is 11.2 Å². The number of aliphatic hydroxyl groups is 2. The highest BCUT2D eigenvalue weighted by Crippen LogP contribution is 2.61.